The summed E-state index contributed by atoms with van der Waals surface area (Å²) in [6, 6.07) is 0. The fourth-order valence-corrected chi connectivity index (χ4v) is 1.20. The van der Waals surface area contributed by atoms with Crippen LogP contribution in [0.4, 0.5) is 0 Å². The minimum atomic E-state index is -0.844. The molecule has 84 valence electrons. The third-order valence-corrected chi connectivity index (χ3v) is 1.88. The van der Waals surface area contributed by atoms with E-state index in [1.165, 1.54) is 0 Å². The summed E-state index contributed by atoms with van der Waals surface area (Å²) in [6.07, 6.45) is 0.967. The molecule has 7 heteroatoms. The quantitative estimate of drug-likeness (QED) is 0.525. The molecule has 0 saturated heterocycles. The molecule has 0 radical (unpaired) electrons. The Morgan fingerprint density at radius 3 is 2.27 bits per heavy atom. The van der Waals surface area contributed by atoms with Crippen LogP contribution < -0.4 is 11.2 Å². The average molecular weight is 216 g/mol. The Hall–Kier alpha value is -1.60. The Kier molecular flexibility index (Phi) is 3.64. The number of aliphatic hydroxyl groups is 2. The Morgan fingerprint density at radius 1 is 1.13 bits per heavy atom. The van der Waals surface area contributed by atoms with Gasteiger partial charge in [-0.2, -0.15) is 0 Å². The van der Waals surface area contributed by atoms with E-state index < -0.39 is 17.0 Å². The Morgan fingerprint density at radius 2 is 1.73 bits per heavy atom. The summed E-state index contributed by atoms with van der Waals surface area (Å²) in [5.74, 6) is -0.587. The predicted octanol–water partition coefficient (Wildman–Crippen LogP) is -2.30. The highest BCUT2D eigenvalue weighted by molar-refractivity contribution is 5.10. The third kappa shape index (κ3) is 2.25. The van der Waals surface area contributed by atoms with Crippen molar-refractivity contribution in [2.75, 3.05) is 13.2 Å². The lowest BCUT2D eigenvalue weighted by Gasteiger charge is -2.08. The molecule has 0 amide bonds. The molecule has 0 aliphatic heterocycles. The van der Waals surface area contributed by atoms with Crippen molar-refractivity contribution in [1.82, 2.24) is 9.13 Å². The molecule has 0 aromatic carbocycles. The van der Waals surface area contributed by atoms with Gasteiger partial charge in [0.2, 0.25) is 0 Å². The molecule has 0 spiro atoms. The predicted molar refractivity (Wildman–Crippen MR) is 50.8 cm³/mol. The van der Waals surface area contributed by atoms with Gasteiger partial charge in [0.15, 0.2) is 5.75 Å². The van der Waals surface area contributed by atoms with Crippen LogP contribution in [0.5, 0.6) is 5.75 Å². The Labute approximate surface area is 84.5 Å². The van der Waals surface area contributed by atoms with Crippen LogP contribution in [0, 0.1) is 0 Å². The zero-order valence-corrected chi connectivity index (χ0v) is 7.96. The monoisotopic (exact) mass is 216 g/mol. The zero-order valence-electron chi connectivity index (χ0n) is 7.96. The number of aromatic hydroxyl groups is 1. The van der Waals surface area contributed by atoms with Gasteiger partial charge in [0.25, 0.3) is 5.56 Å². The van der Waals surface area contributed by atoms with Crippen LogP contribution in [0.25, 0.3) is 0 Å². The van der Waals surface area contributed by atoms with Gasteiger partial charge in [0.05, 0.1) is 32.5 Å². The number of rotatable bonds is 4. The van der Waals surface area contributed by atoms with Crippen LogP contribution in [0.15, 0.2) is 15.8 Å². The highest BCUT2D eigenvalue weighted by atomic mass is 16.3. The topological polar surface area (TPSA) is 105 Å². The average Bonchev–Trinajstić information content (AvgIpc) is 2.21. The highest BCUT2D eigenvalue weighted by Crippen LogP contribution is 1.95. The molecule has 0 unspecified atom stereocenters. The third-order valence-electron chi connectivity index (χ3n) is 1.88. The van der Waals surface area contributed by atoms with E-state index in [2.05, 4.69) is 0 Å². The standard InChI is InChI=1S/C8H12N2O5/c11-3-1-9-5-6(13)7(14)10(2-4-12)8(9)15/h5,11-13H,1-4H2. The lowest BCUT2D eigenvalue weighted by molar-refractivity contribution is 0.257. The molecule has 1 aromatic rings. The summed E-state index contributed by atoms with van der Waals surface area (Å²) in [5, 5.41) is 26.5. The molecule has 0 atom stereocenters. The van der Waals surface area contributed by atoms with E-state index in [1.807, 2.05) is 0 Å². The molecule has 1 rings (SSSR count). The van der Waals surface area contributed by atoms with E-state index in [1.54, 1.807) is 0 Å². The number of aromatic nitrogens is 2. The number of aliphatic hydroxyl groups excluding tert-OH is 2. The van der Waals surface area contributed by atoms with Crippen molar-refractivity contribution in [3.8, 4) is 5.75 Å². The number of hydrogen-bond acceptors (Lipinski definition) is 5. The van der Waals surface area contributed by atoms with Crippen molar-refractivity contribution in [1.29, 1.82) is 0 Å². The summed E-state index contributed by atoms with van der Waals surface area (Å²) >= 11 is 0. The Balaban J connectivity index is 3.35. The second-order valence-corrected chi connectivity index (χ2v) is 2.89. The van der Waals surface area contributed by atoms with Gasteiger partial charge in [-0.1, -0.05) is 0 Å². The molecule has 15 heavy (non-hydrogen) atoms. The van der Waals surface area contributed by atoms with Crippen molar-refractivity contribution in [3.05, 3.63) is 27.0 Å². The highest BCUT2D eigenvalue weighted by Gasteiger charge is 2.09. The van der Waals surface area contributed by atoms with E-state index in [0.717, 1.165) is 10.8 Å². The second kappa shape index (κ2) is 4.76. The molecular formula is C8H12N2O5. The van der Waals surface area contributed by atoms with Gasteiger partial charge in [-0.15, -0.1) is 0 Å². The second-order valence-electron chi connectivity index (χ2n) is 2.89. The molecule has 3 N–H and O–H groups in total. The SMILES string of the molecule is O=c1c(O)cn(CCO)c(=O)n1CCO. The summed E-state index contributed by atoms with van der Waals surface area (Å²) in [5.41, 5.74) is -1.51. The molecule has 1 aromatic heterocycles. The number of hydrogen-bond donors (Lipinski definition) is 3. The van der Waals surface area contributed by atoms with Gasteiger partial charge in [0.1, 0.15) is 0 Å². The molecule has 0 aliphatic carbocycles. The van der Waals surface area contributed by atoms with Gasteiger partial charge >= 0.3 is 5.69 Å². The van der Waals surface area contributed by atoms with Crippen LogP contribution >= 0.6 is 0 Å². The summed E-state index contributed by atoms with van der Waals surface area (Å²) in [4.78, 5) is 22.8. The molecule has 0 bridgehead atoms. The normalized spacial score (nSPS) is 10.5. The van der Waals surface area contributed by atoms with E-state index in [-0.39, 0.29) is 26.3 Å². The summed E-state index contributed by atoms with van der Waals surface area (Å²) in [6.45, 7) is -0.857. The van der Waals surface area contributed by atoms with Crippen LogP contribution in [0.1, 0.15) is 0 Å². The first-order valence-corrected chi connectivity index (χ1v) is 4.36. The first-order valence-electron chi connectivity index (χ1n) is 4.36. The maximum absolute atomic E-state index is 11.5. The first kappa shape index (κ1) is 11.5. The maximum Gasteiger partial charge on any atom is 0.331 e. The molecule has 0 fully saturated rings. The lowest BCUT2D eigenvalue weighted by atomic mass is 10.5. The molecule has 0 aliphatic rings. The summed E-state index contributed by atoms with van der Waals surface area (Å²) in [7, 11) is 0. The van der Waals surface area contributed by atoms with Crippen molar-refractivity contribution in [3.63, 3.8) is 0 Å². The van der Waals surface area contributed by atoms with E-state index >= 15 is 0 Å². The Bertz CT molecular complexity index is 447. The van der Waals surface area contributed by atoms with Gasteiger partial charge in [-0.05, 0) is 0 Å². The fraction of sp³-hybridized carbons (Fsp3) is 0.500. The van der Waals surface area contributed by atoms with Gasteiger partial charge in [-0.25, -0.2) is 4.79 Å². The van der Waals surface area contributed by atoms with Crippen LogP contribution in [0.3, 0.4) is 0 Å². The lowest BCUT2D eigenvalue weighted by Crippen LogP contribution is -2.40. The van der Waals surface area contributed by atoms with Crippen molar-refractivity contribution in [2.24, 2.45) is 0 Å². The van der Waals surface area contributed by atoms with Crippen LogP contribution in [0.2, 0.25) is 0 Å². The van der Waals surface area contributed by atoms with Crippen LogP contribution in [-0.2, 0) is 13.1 Å². The smallest absolute Gasteiger partial charge is 0.331 e. The minimum Gasteiger partial charge on any atom is -0.502 e. The van der Waals surface area contributed by atoms with E-state index in [4.69, 9.17) is 10.2 Å². The summed E-state index contributed by atoms with van der Waals surface area (Å²) < 4.78 is 1.72. The van der Waals surface area contributed by atoms with E-state index in [9.17, 15) is 14.7 Å². The van der Waals surface area contributed by atoms with Crippen molar-refractivity contribution in [2.45, 2.75) is 13.1 Å². The maximum atomic E-state index is 11.5. The van der Waals surface area contributed by atoms with Crippen molar-refractivity contribution >= 4 is 0 Å². The molecular weight excluding hydrogens is 204 g/mol. The van der Waals surface area contributed by atoms with E-state index in [0.29, 0.717) is 4.57 Å². The fourth-order valence-electron chi connectivity index (χ4n) is 1.20. The first-order chi connectivity index (χ1) is 7.11. The van der Waals surface area contributed by atoms with Crippen LogP contribution in [-0.4, -0.2) is 37.7 Å². The number of nitrogens with zero attached hydrogens (tertiary/aromatic N) is 2. The molecule has 1 heterocycles. The van der Waals surface area contributed by atoms with Gasteiger partial charge < -0.3 is 15.3 Å². The largest absolute Gasteiger partial charge is 0.502 e. The van der Waals surface area contributed by atoms with Crippen molar-refractivity contribution < 1.29 is 15.3 Å². The van der Waals surface area contributed by atoms with Gasteiger partial charge in [0, 0.05) is 0 Å². The van der Waals surface area contributed by atoms with Gasteiger partial charge in [-0.3, -0.25) is 13.9 Å². The molecule has 0 saturated carbocycles. The molecule has 7 nitrogen and oxygen atoms in total. The zero-order chi connectivity index (χ0) is 11.4. The minimum absolute atomic E-state index is 0.0158.